The predicted molar refractivity (Wildman–Crippen MR) is 112 cm³/mol. The van der Waals surface area contributed by atoms with Crippen LogP contribution in [0.2, 0.25) is 5.02 Å². The number of rotatable bonds is 8. The molecule has 150 valence electrons. The van der Waals surface area contributed by atoms with E-state index < -0.39 is 6.10 Å². The highest BCUT2D eigenvalue weighted by atomic mass is 35.5. The second-order valence-electron chi connectivity index (χ2n) is 6.83. The number of carbonyl (C=O) groups excluding carboxylic acids is 1. The molecule has 2 atom stereocenters. The number of aryl methyl sites for hydroxylation is 1. The summed E-state index contributed by atoms with van der Waals surface area (Å²) >= 11 is 7.48. The first-order chi connectivity index (χ1) is 13.5. The van der Waals surface area contributed by atoms with Gasteiger partial charge in [-0.25, -0.2) is 4.79 Å². The Bertz CT molecular complexity index is 844. The van der Waals surface area contributed by atoms with Crippen LogP contribution in [0.1, 0.15) is 33.8 Å². The largest absolute Gasteiger partial charge is 0.493 e. The molecule has 0 unspecified atom stereocenters. The van der Waals surface area contributed by atoms with E-state index in [4.69, 9.17) is 26.8 Å². The molecule has 0 fully saturated rings. The minimum Gasteiger partial charge on any atom is -0.493 e. The smallest absolute Gasteiger partial charge is 0.348 e. The highest BCUT2D eigenvalue weighted by Gasteiger charge is 2.28. The standard InChI is InChI=1S/C21H24ClNO4S/c1-26-21(25)20-8-6-17(28-20)4-2-3-13-5-7-19(24)18(13)12-27-16-10-14(22)9-15(23)11-16/h5-6,8-11,18-19,24H,2-4,7,12,23H2,1H3/t18-,19-/m1/s1. The second kappa shape index (κ2) is 9.45. The van der Waals surface area contributed by atoms with E-state index in [9.17, 15) is 9.90 Å². The van der Waals surface area contributed by atoms with E-state index in [1.807, 2.05) is 6.07 Å². The van der Waals surface area contributed by atoms with Crippen LogP contribution in [-0.2, 0) is 11.2 Å². The van der Waals surface area contributed by atoms with Crippen molar-refractivity contribution < 1.29 is 19.4 Å². The molecule has 1 aromatic heterocycles. The molecule has 28 heavy (non-hydrogen) atoms. The molecule has 0 radical (unpaired) electrons. The Morgan fingerprint density at radius 3 is 2.89 bits per heavy atom. The van der Waals surface area contributed by atoms with Crippen LogP contribution in [0.15, 0.2) is 42.0 Å². The number of nitrogen functional groups attached to an aromatic ring is 1. The van der Waals surface area contributed by atoms with Gasteiger partial charge in [0.1, 0.15) is 10.6 Å². The molecule has 1 aliphatic carbocycles. The van der Waals surface area contributed by atoms with Crippen molar-refractivity contribution in [3.63, 3.8) is 0 Å². The highest BCUT2D eigenvalue weighted by molar-refractivity contribution is 7.13. The number of aliphatic hydroxyl groups is 1. The Kier molecular flexibility index (Phi) is 6.99. The van der Waals surface area contributed by atoms with Crippen molar-refractivity contribution in [2.75, 3.05) is 19.5 Å². The summed E-state index contributed by atoms with van der Waals surface area (Å²) in [7, 11) is 1.39. The zero-order chi connectivity index (χ0) is 20.1. The normalized spacial score (nSPS) is 18.8. The molecule has 1 heterocycles. The van der Waals surface area contributed by atoms with Crippen molar-refractivity contribution >= 4 is 34.6 Å². The van der Waals surface area contributed by atoms with Gasteiger partial charge in [-0.3, -0.25) is 0 Å². The van der Waals surface area contributed by atoms with E-state index in [2.05, 4.69) is 6.08 Å². The third-order valence-electron chi connectivity index (χ3n) is 4.82. The van der Waals surface area contributed by atoms with Crippen LogP contribution < -0.4 is 10.5 Å². The van der Waals surface area contributed by atoms with Crippen LogP contribution in [0, 0.1) is 5.92 Å². The Balaban J connectivity index is 1.51. The molecule has 7 heteroatoms. The van der Waals surface area contributed by atoms with Crippen molar-refractivity contribution in [3.05, 3.63) is 56.8 Å². The fourth-order valence-electron chi connectivity index (χ4n) is 3.38. The van der Waals surface area contributed by atoms with E-state index in [0.29, 0.717) is 34.4 Å². The summed E-state index contributed by atoms with van der Waals surface area (Å²) in [5, 5.41) is 10.9. The summed E-state index contributed by atoms with van der Waals surface area (Å²) in [5.41, 5.74) is 7.56. The SMILES string of the molecule is COC(=O)c1ccc(CCCC2=CC[C@@H](O)[C@@H]2COc2cc(N)cc(Cl)c2)s1. The molecule has 0 spiro atoms. The summed E-state index contributed by atoms with van der Waals surface area (Å²) in [6.07, 6.45) is 5.03. The average Bonchev–Trinajstić information content (AvgIpc) is 3.26. The fraction of sp³-hybridized carbons (Fsp3) is 0.381. The summed E-state index contributed by atoms with van der Waals surface area (Å²) in [6.45, 7) is 0.387. The third kappa shape index (κ3) is 5.28. The molecule has 3 rings (SSSR count). The summed E-state index contributed by atoms with van der Waals surface area (Å²) < 4.78 is 10.6. The quantitative estimate of drug-likeness (QED) is 0.373. The summed E-state index contributed by atoms with van der Waals surface area (Å²) in [5.74, 6) is 0.281. The number of thiophene rings is 1. The number of ether oxygens (including phenoxy) is 2. The van der Waals surface area contributed by atoms with Gasteiger partial charge in [-0.05, 0) is 49.9 Å². The van der Waals surface area contributed by atoms with Gasteiger partial charge in [0.25, 0.3) is 0 Å². The molecule has 0 bridgehead atoms. The van der Waals surface area contributed by atoms with E-state index in [1.54, 1.807) is 24.3 Å². The van der Waals surface area contributed by atoms with Gasteiger partial charge in [0.05, 0.1) is 19.8 Å². The summed E-state index contributed by atoms with van der Waals surface area (Å²) in [6, 6.07) is 8.89. The lowest BCUT2D eigenvalue weighted by atomic mass is 9.96. The van der Waals surface area contributed by atoms with Gasteiger partial charge in [0, 0.05) is 27.6 Å². The van der Waals surface area contributed by atoms with Crippen LogP contribution in [-0.4, -0.2) is 30.9 Å². The number of methoxy groups -OCH3 is 1. The van der Waals surface area contributed by atoms with Gasteiger partial charge in [-0.2, -0.15) is 0 Å². The van der Waals surface area contributed by atoms with E-state index in [-0.39, 0.29) is 11.9 Å². The summed E-state index contributed by atoms with van der Waals surface area (Å²) in [4.78, 5) is 13.3. The highest BCUT2D eigenvalue weighted by Crippen LogP contribution is 2.32. The first kappa shape index (κ1) is 20.7. The number of hydrogen-bond acceptors (Lipinski definition) is 6. The van der Waals surface area contributed by atoms with Gasteiger partial charge >= 0.3 is 5.97 Å². The monoisotopic (exact) mass is 421 g/mol. The minimum atomic E-state index is -0.431. The molecule has 0 saturated carbocycles. The number of halogens is 1. The van der Waals surface area contributed by atoms with Crippen molar-refractivity contribution in [3.8, 4) is 5.75 Å². The number of esters is 1. The molecule has 0 saturated heterocycles. The van der Waals surface area contributed by atoms with E-state index >= 15 is 0 Å². The lowest BCUT2D eigenvalue weighted by Gasteiger charge is -2.20. The van der Waals surface area contributed by atoms with Crippen molar-refractivity contribution in [2.24, 2.45) is 5.92 Å². The van der Waals surface area contributed by atoms with Gasteiger partial charge in [0.15, 0.2) is 0 Å². The predicted octanol–water partition coefficient (Wildman–Crippen LogP) is 4.48. The maximum absolute atomic E-state index is 11.5. The lowest BCUT2D eigenvalue weighted by Crippen LogP contribution is -2.23. The van der Waals surface area contributed by atoms with Crippen LogP contribution >= 0.6 is 22.9 Å². The molecule has 5 nitrogen and oxygen atoms in total. The Morgan fingerprint density at radius 1 is 1.32 bits per heavy atom. The van der Waals surface area contributed by atoms with E-state index in [0.717, 1.165) is 24.1 Å². The van der Waals surface area contributed by atoms with Gasteiger partial charge < -0.3 is 20.3 Å². The number of benzene rings is 1. The zero-order valence-corrected chi connectivity index (χ0v) is 17.3. The Labute approximate surface area is 173 Å². The first-order valence-electron chi connectivity index (χ1n) is 9.19. The number of aliphatic hydroxyl groups excluding tert-OH is 1. The van der Waals surface area contributed by atoms with Crippen LogP contribution in [0.4, 0.5) is 5.69 Å². The second-order valence-corrected chi connectivity index (χ2v) is 8.44. The fourth-order valence-corrected chi connectivity index (χ4v) is 4.58. The Hall–Kier alpha value is -2.02. The minimum absolute atomic E-state index is 0.0332. The molecule has 0 aliphatic heterocycles. The first-order valence-corrected chi connectivity index (χ1v) is 10.4. The number of nitrogens with two attached hydrogens (primary N) is 1. The van der Waals surface area contributed by atoms with Crippen molar-refractivity contribution in [2.45, 2.75) is 31.8 Å². The third-order valence-corrected chi connectivity index (χ3v) is 6.17. The lowest BCUT2D eigenvalue weighted by molar-refractivity contribution is 0.0606. The molecular formula is C21H24ClNO4S. The average molecular weight is 422 g/mol. The van der Waals surface area contributed by atoms with Gasteiger partial charge in [-0.1, -0.05) is 23.3 Å². The molecule has 0 amide bonds. The number of carbonyl (C=O) groups is 1. The van der Waals surface area contributed by atoms with Crippen molar-refractivity contribution in [1.29, 1.82) is 0 Å². The van der Waals surface area contributed by atoms with Gasteiger partial charge in [0.2, 0.25) is 0 Å². The van der Waals surface area contributed by atoms with E-state index in [1.165, 1.54) is 24.0 Å². The Morgan fingerprint density at radius 2 is 2.14 bits per heavy atom. The van der Waals surface area contributed by atoms with Gasteiger partial charge in [-0.15, -0.1) is 11.3 Å². The van der Waals surface area contributed by atoms with Crippen LogP contribution in [0.5, 0.6) is 5.75 Å². The molecule has 3 N–H and O–H groups in total. The molecule has 1 aromatic carbocycles. The molecule has 1 aliphatic rings. The maximum Gasteiger partial charge on any atom is 0.348 e. The van der Waals surface area contributed by atoms with Crippen LogP contribution in [0.3, 0.4) is 0 Å². The number of hydrogen-bond donors (Lipinski definition) is 2. The molecular weight excluding hydrogens is 398 g/mol. The van der Waals surface area contributed by atoms with Crippen molar-refractivity contribution in [1.82, 2.24) is 0 Å². The topological polar surface area (TPSA) is 81.8 Å². The number of anilines is 1. The zero-order valence-electron chi connectivity index (χ0n) is 15.7. The maximum atomic E-state index is 11.5. The van der Waals surface area contributed by atoms with Crippen LogP contribution in [0.25, 0.3) is 0 Å². The molecule has 2 aromatic rings.